The molecular weight excluding hydrogens is 162 g/mol. The molecule has 76 valence electrons. The van der Waals surface area contributed by atoms with Crippen molar-refractivity contribution in [2.75, 3.05) is 19.7 Å². The zero-order valence-corrected chi connectivity index (χ0v) is 8.64. The normalized spacial score (nSPS) is 34.8. The predicted octanol–water partition coefficient (Wildman–Crippen LogP) is 1.95. The Hall–Kier alpha value is -0.0800. The molecule has 2 heteroatoms. The van der Waals surface area contributed by atoms with Crippen LogP contribution in [0.25, 0.3) is 0 Å². The molecule has 0 bridgehead atoms. The van der Waals surface area contributed by atoms with E-state index in [0.29, 0.717) is 0 Å². The maximum absolute atomic E-state index is 5.71. The summed E-state index contributed by atoms with van der Waals surface area (Å²) in [7, 11) is 0. The fourth-order valence-electron chi connectivity index (χ4n) is 2.21. The highest BCUT2D eigenvalue weighted by Crippen LogP contribution is 2.27. The summed E-state index contributed by atoms with van der Waals surface area (Å²) in [5, 5.41) is 3.54. The number of ether oxygens (including phenoxy) is 1. The molecule has 2 nitrogen and oxygen atoms in total. The Bertz CT molecular complexity index is 159. The molecule has 2 rings (SSSR count). The first kappa shape index (κ1) is 9.47. The molecule has 0 aromatic carbocycles. The molecule has 13 heavy (non-hydrogen) atoms. The molecule has 1 aliphatic carbocycles. The van der Waals surface area contributed by atoms with Gasteiger partial charge in [-0.3, -0.25) is 0 Å². The Labute approximate surface area is 81.0 Å². The molecule has 1 saturated heterocycles. The first-order chi connectivity index (χ1) is 6.29. The van der Waals surface area contributed by atoms with Crippen LogP contribution >= 0.6 is 0 Å². The standard InChI is InChI=1S/C11H21NO/c1-11(6-3-7-13-11)9-12-8-10-4-2-5-10/h10,12H,2-9H2,1H3. The first-order valence-corrected chi connectivity index (χ1v) is 5.63. The molecule has 0 aromatic rings. The SMILES string of the molecule is CC1(CNCC2CCC2)CCCO1. The third-order valence-electron chi connectivity index (χ3n) is 3.46. The molecule has 1 heterocycles. The Morgan fingerprint density at radius 1 is 1.38 bits per heavy atom. The summed E-state index contributed by atoms with van der Waals surface area (Å²) < 4.78 is 5.71. The van der Waals surface area contributed by atoms with Gasteiger partial charge in [0, 0.05) is 13.2 Å². The Morgan fingerprint density at radius 3 is 2.77 bits per heavy atom. The second kappa shape index (κ2) is 3.97. The lowest BCUT2D eigenvalue weighted by atomic mass is 9.85. The smallest absolute Gasteiger partial charge is 0.0779 e. The largest absolute Gasteiger partial charge is 0.374 e. The van der Waals surface area contributed by atoms with Crippen molar-refractivity contribution in [1.29, 1.82) is 0 Å². The van der Waals surface area contributed by atoms with E-state index in [1.165, 1.54) is 38.6 Å². The van der Waals surface area contributed by atoms with Crippen molar-refractivity contribution in [2.45, 2.75) is 44.6 Å². The summed E-state index contributed by atoms with van der Waals surface area (Å²) in [5.41, 5.74) is 0.143. The molecule has 1 unspecified atom stereocenters. The minimum atomic E-state index is 0.143. The topological polar surface area (TPSA) is 21.3 Å². The van der Waals surface area contributed by atoms with Crippen LogP contribution < -0.4 is 5.32 Å². The van der Waals surface area contributed by atoms with Crippen molar-refractivity contribution in [3.63, 3.8) is 0 Å². The second-order valence-electron chi connectivity index (χ2n) is 4.83. The van der Waals surface area contributed by atoms with Crippen molar-refractivity contribution < 1.29 is 4.74 Å². The van der Waals surface area contributed by atoms with Gasteiger partial charge in [0.1, 0.15) is 0 Å². The van der Waals surface area contributed by atoms with Gasteiger partial charge in [0.05, 0.1) is 5.60 Å². The molecular formula is C11H21NO. The van der Waals surface area contributed by atoms with Crippen molar-refractivity contribution in [3.8, 4) is 0 Å². The average Bonchev–Trinajstić information content (AvgIpc) is 2.43. The number of hydrogen-bond donors (Lipinski definition) is 1. The lowest BCUT2D eigenvalue weighted by molar-refractivity contribution is 0.0196. The lowest BCUT2D eigenvalue weighted by Gasteiger charge is -2.29. The summed E-state index contributed by atoms with van der Waals surface area (Å²) in [6.07, 6.45) is 6.78. The van der Waals surface area contributed by atoms with E-state index in [0.717, 1.165) is 19.1 Å². The van der Waals surface area contributed by atoms with Gasteiger partial charge >= 0.3 is 0 Å². The van der Waals surface area contributed by atoms with Crippen LogP contribution in [0.5, 0.6) is 0 Å². The summed E-state index contributed by atoms with van der Waals surface area (Å²) in [5.74, 6) is 0.963. The number of nitrogens with one attached hydrogen (secondary N) is 1. The summed E-state index contributed by atoms with van der Waals surface area (Å²) in [6.45, 7) is 5.44. The van der Waals surface area contributed by atoms with Crippen LogP contribution in [0.4, 0.5) is 0 Å². The van der Waals surface area contributed by atoms with Gasteiger partial charge in [0.25, 0.3) is 0 Å². The van der Waals surface area contributed by atoms with Crippen molar-refractivity contribution >= 4 is 0 Å². The maximum Gasteiger partial charge on any atom is 0.0779 e. The zero-order valence-electron chi connectivity index (χ0n) is 8.64. The maximum atomic E-state index is 5.71. The summed E-state index contributed by atoms with van der Waals surface area (Å²) >= 11 is 0. The van der Waals surface area contributed by atoms with Crippen molar-refractivity contribution in [1.82, 2.24) is 5.32 Å². The average molecular weight is 183 g/mol. The van der Waals surface area contributed by atoms with Gasteiger partial charge in [-0.15, -0.1) is 0 Å². The molecule has 1 aliphatic heterocycles. The number of rotatable bonds is 4. The highest BCUT2D eigenvalue weighted by atomic mass is 16.5. The van der Waals surface area contributed by atoms with Gasteiger partial charge in [-0.05, 0) is 45.1 Å². The van der Waals surface area contributed by atoms with Gasteiger partial charge in [-0.25, -0.2) is 0 Å². The molecule has 0 amide bonds. The third kappa shape index (κ3) is 2.44. The predicted molar refractivity (Wildman–Crippen MR) is 53.8 cm³/mol. The fourth-order valence-corrected chi connectivity index (χ4v) is 2.21. The number of hydrogen-bond acceptors (Lipinski definition) is 2. The van der Waals surface area contributed by atoms with E-state index in [2.05, 4.69) is 12.2 Å². The minimum absolute atomic E-state index is 0.143. The van der Waals surface area contributed by atoms with Gasteiger partial charge in [-0.2, -0.15) is 0 Å². The fraction of sp³-hybridized carbons (Fsp3) is 1.00. The lowest BCUT2D eigenvalue weighted by Crippen LogP contribution is -2.40. The van der Waals surface area contributed by atoms with Gasteiger partial charge < -0.3 is 10.1 Å². The summed E-state index contributed by atoms with van der Waals surface area (Å²) in [4.78, 5) is 0. The van der Waals surface area contributed by atoms with Crippen LogP contribution in [0.1, 0.15) is 39.0 Å². The summed E-state index contributed by atoms with van der Waals surface area (Å²) in [6, 6.07) is 0. The van der Waals surface area contributed by atoms with Crippen molar-refractivity contribution in [2.24, 2.45) is 5.92 Å². The Balaban J connectivity index is 1.60. The molecule has 1 saturated carbocycles. The van der Waals surface area contributed by atoms with E-state index in [1.807, 2.05) is 0 Å². The highest BCUT2D eigenvalue weighted by Gasteiger charge is 2.29. The molecule has 2 aliphatic rings. The molecule has 1 N–H and O–H groups in total. The van der Waals surface area contributed by atoms with Crippen LogP contribution in [0, 0.1) is 5.92 Å². The molecule has 0 radical (unpaired) electrons. The van der Waals surface area contributed by atoms with Crippen LogP contribution in [-0.2, 0) is 4.74 Å². The Morgan fingerprint density at radius 2 is 2.23 bits per heavy atom. The van der Waals surface area contributed by atoms with Crippen LogP contribution in [-0.4, -0.2) is 25.3 Å². The van der Waals surface area contributed by atoms with Crippen LogP contribution in [0.15, 0.2) is 0 Å². The van der Waals surface area contributed by atoms with Gasteiger partial charge in [0.15, 0.2) is 0 Å². The van der Waals surface area contributed by atoms with Crippen molar-refractivity contribution in [3.05, 3.63) is 0 Å². The first-order valence-electron chi connectivity index (χ1n) is 5.63. The third-order valence-corrected chi connectivity index (χ3v) is 3.46. The van der Waals surface area contributed by atoms with E-state index < -0.39 is 0 Å². The van der Waals surface area contributed by atoms with Gasteiger partial charge in [-0.1, -0.05) is 6.42 Å². The van der Waals surface area contributed by atoms with E-state index >= 15 is 0 Å². The Kier molecular flexibility index (Phi) is 2.89. The van der Waals surface area contributed by atoms with Crippen LogP contribution in [0.2, 0.25) is 0 Å². The van der Waals surface area contributed by atoms with Gasteiger partial charge in [0.2, 0.25) is 0 Å². The van der Waals surface area contributed by atoms with E-state index in [4.69, 9.17) is 4.74 Å². The van der Waals surface area contributed by atoms with E-state index in [1.54, 1.807) is 0 Å². The van der Waals surface area contributed by atoms with E-state index in [9.17, 15) is 0 Å². The molecule has 0 spiro atoms. The van der Waals surface area contributed by atoms with Crippen LogP contribution in [0.3, 0.4) is 0 Å². The quantitative estimate of drug-likeness (QED) is 0.719. The highest BCUT2D eigenvalue weighted by molar-refractivity contribution is 4.83. The monoisotopic (exact) mass is 183 g/mol. The van der Waals surface area contributed by atoms with E-state index in [-0.39, 0.29) is 5.60 Å². The zero-order chi connectivity index (χ0) is 9.15. The second-order valence-corrected chi connectivity index (χ2v) is 4.83. The molecule has 0 aromatic heterocycles. The molecule has 2 fully saturated rings. The minimum Gasteiger partial charge on any atom is -0.374 e. The molecule has 1 atom stereocenters.